The van der Waals surface area contributed by atoms with Gasteiger partial charge in [-0.2, -0.15) is 0 Å². The summed E-state index contributed by atoms with van der Waals surface area (Å²) >= 11 is 0. The van der Waals surface area contributed by atoms with Gasteiger partial charge in [0.25, 0.3) is 0 Å². The summed E-state index contributed by atoms with van der Waals surface area (Å²) in [5.74, 6) is -0.397. The Morgan fingerprint density at radius 1 is 1.33 bits per heavy atom. The van der Waals surface area contributed by atoms with Crippen molar-refractivity contribution in [2.24, 2.45) is 11.7 Å². The van der Waals surface area contributed by atoms with Crippen LogP contribution >= 0.6 is 0 Å². The molecule has 3 N–H and O–H groups in total. The molecule has 0 aromatic carbocycles. The van der Waals surface area contributed by atoms with Crippen molar-refractivity contribution in [1.29, 1.82) is 0 Å². The predicted octanol–water partition coefficient (Wildman–Crippen LogP) is 0.945. The number of carbonyl (C=O) groups excluding carboxylic acids is 1. The van der Waals surface area contributed by atoms with Crippen LogP contribution in [0.5, 0.6) is 0 Å². The highest BCUT2D eigenvalue weighted by Gasteiger charge is 2.33. The van der Waals surface area contributed by atoms with Crippen LogP contribution in [0, 0.1) is 19.8 Å². The van der Waals surface area contributed by atoms with Gasteiger partial charge in [0.15, 0.2) is 0 Å². The summed E-state index contributed by atoms with van der Waals surface area (Å²) in [4.78, 5) is 11.6. The molecule has 0 aliphatic heterocycles. The van der Waals surface area contributed by atoms with Crippen LogP contribution in [0.3, 0.4) is 0 Å². The lowest BCUT2D eigenvalue weighted by Crippen LogP contribution is -2.44. The molecule has 0 aliphatic carbocycles. The van der Waals surface area contributed by atoms with Gasteiger partial charge in [-0.05, 0) is 19.8 Å². The highest BCUT2D eigenvalue weighted by atomic mass is 32.2. The second-order valence-corrected chi connectivity index (χ2v) is 6.77. The number of rotatable bonds is 6. The molecule has 0 radical (unpaired) electrons. The second kappa shape index (κ2) is 6.59. The van der Waals surface area contributed by atoms with Crippen molar-refractivity contribution >= 4 is 16.0 Å². The number of hydrogen-bond donors (Lipinski definition) is 2. The van der Waals surface area contributed by atoms with E-state index in [-0.39, 0.29) is 34.4 Å². The van der Waals surface area contributed by atoms with E-state index >= 15 is 0 Å². The quantitative estimate of drug-likeness (QED) is 0.755. The van der Waals surface area contributed by atoms with E-state index in [9.17, 15) is 13.2 Å². The molecule has 1 heterocycles. The van der Waals surface area contributed by atoms with E-state index < -0.39 is 22.0 Å². The first-order valence-corrected chi connectivity index (χ1v) is 8.04. The molecular weight excluding hydrogens is 296 g/mol. The largest absolute Gasteiger partial charge is 0.465 e. The Kier molecular flexibility index (Phi) is 5.54. The molecule has 0 fully saturated rings. The average molecular weight is 318 g/mol. The summed E-state index contributed by atoms with van der Waals surface area (Å²) < 4.78 is 37.5. The lowest BCUT2D eigenvalue weighted by atomic mass is 10.1. The first-order chi connectivity index (χ1) is 9.65. The van der Waals surface area contributed by atoms with Gasteiger partial charge in [-0.3, -0.25) is 0 Å². The van der Waals surface area contributed by atoms with Crippen LogP contribution in [-0.4, -0.2) is 34.1 Å². The first-order valence-electron chi connectivity index (χ1n) is 6.56. The van der Waals surface area contributed by atoms with Crippen LogP contribution in [0.1, 0.15) is 35.7 Å². The molecule has 1 atom stereocenters. The molecule has 21 heavy (non-hydrogen) atoms. The predicted molar refractivity (Wildman–Crippen MR) is 77.5 cm³/mol. The van der Waals surface area contributed by atoms with Crippen molar-refractivity contribution in [2.75, 3.05) is 13.7 Å². The van der Waals surface area contributed by atoms with E-state index in [1.807, 2.05) is 13.8 Å². The number of hydrogen-bond acceptors (Lipinski definition) is 6. The maximum absolute atomic E-state index is 12.5. The molecule has 1 unspecified atom stereocenters. The summed E-state index contributed by atoms with van der Waals surface area (Å²) in [5, 5.41) is 0. The van der Waals surface area contributed by atoms with Gasteiger partial charge < -0.3 is 14.9 Å². The number of furan rings is 1. The van der Waals surface area contributed by atoms with E-state index in [4.69, 9.17) is 10.2 Å². The number of ether oxygens (including phenoxy) is 1. The summed E-state index contributed by atoms with van der Waals surface area (Å²) in [6.45, 7) is 6.87. The van der Waals surface area contributed by atoms with Gasteiger partial charge in [0.2, 0.25) is 10.0 Å². The SMILES string of the molecule is COC(=O)c1c(C)oc(C)c1S(=O)(=O)NC(CN)C(C)C. The Balaban J connectivity index is 3.35. The van der Waals surface area contributed by atoms with Gasteiger partial charge in [0.05, 0.1) is 7.11 Å². The van der Waals surface area contributed by atoms with Crippen LogP contribution < -0.4 is 10.5 Å². The lowest BCUT2D eigenvalue weighted by molar-refractivity contribution is 0.0595. The third-order valence-corrected chi connectivity index (χ3v) is 4.87. The molecule has 120 valence electrons. The first kappa shape index (κ1) is 17.7. The molecule has 1 rings (SSSR count). The number of carbonyl (C=O) groups is 1. The maximum Gasteiger partial charge on any atom is 0.342 e. The highest BCUT2D eigenvalue weighted by molar-refractivity contribution is 7.89. The normalized spacial score (nSPS) is 13.5. The van der Waals surface area contributed by atoms with Gasteiger partial charge in [-0.25, -0.2) is 17.9 Å². The zero-order valence-electron chi connectivity index (χ0n) is 12.9. The highest BCUT2D eigenvalue weighted by Crippen LogP contribution is 2.27. The van der Waals surface area contributed by atoms with E-state index in [1.165, 1.54) is 21.0 Å². The molecular formula is C13H22N2O5S. The van der Waals surface area contributed by atoms with Gasteiger partial charge in [0, 0.05) is 12.6 Å². The summed E-state index contributed by atoms with van der Waals surface area (Å²) in [7, 11) is -2.75. The molecule has 1 aromatic rings. The third-order valence-electron chi connectivity index (χ3n) is 3.23. The molecule has 0 saturated heterocycles. The van der Waals surface area contributed by atoms with Gasteiger partial charge in [0.1, 0.15) is 22.0 Å². The number of nitrogens with one attached hydrogen (secondary N) is 1. The van der Waals surface area contributed by atoms with Crippen molar-refractivity contribution in [1.82, 2.24) is 4.72 Å². The zero-order valence-corrected chi connectivity index (χ0v) is 13.7. The fourth-order valence-electron chi connectivity index (χ4n) is 2.04. The number of esters is 1. The van der Waals surface area contributed by atoms with Gasteiger partial charge in [-0.1, -0.05) is 13.8 Å². The molecule has 0 bridgehead atoms. The number of sulfonamides is 1. The minimum atomic E-state index is -3.94. The van der Waals surface area contributed by atoms with Crippen LogP contribution in [0.25, 0.3) is 0 Å². The van der Waals surface area contributed by atoms with Crippen LogP contribution in [0.4, 0.5) is 0 Å². The fourth-order valence-corrected chi connectivity index (χ4v) is 3.84. The van der Waals surface area contributed by atoms with Crippen LogP contribution in [0.15, 0.2) is 9.31 Å². The Morgan fingerprint density at radius 3 is 2.33 bits per heavy atom. The minimum absolute atomic E-state index is 0.0136. The van der Waals surface area contributed by atoms with Crippen molar-refractivity contribution in [2.45, 2.75) is 38.6 Å². The Morgan fingerprint density at radius 2 is 1.90 bits per heavy atom. The average Bonchev–Trinajstić information content (AvgIpc) is 2.70. The second-order valence-electron chi connectivity index (χ2n) is 5.12. The fraction of sp³-hybridized carbons (Fsp3) is 0.615. The van der Waals surface area contributed by atoms with E-state index in [0.717, 1.165) is 0 Å². The van der Waals surface area contributed by atoms with Crippen LogP contribution in [0.2, 0.25) is 0 Å². The monoisotopic (exact) mass is 318 g/mol. The Hall–Kier alpha value is -1.38. The van der Waals surface area contributed by atoms with Crippen LogP contribution in [-0.2, 0) is 14.8 Å². The standard InChI is InChI=1S/C13H22N2O5S/c1-7(2)10(6-14)15-21(17,18)12-9(4)20-8(3)11(12)13(16)19-5/h7,10,15H,6,14H2,1-5H3. The number of aryl methyl sites for hydroxylation is 2. The number of nitrogens with two attached hydrogens (primary N) is 1. The molecule has 8 heteroatoms. The van der Waals surface area contributed by atoms with Crippen molar-refractivity contribution < 1.29 is 22.4 Å². The van der Waals surface area contributed by atoms with E-state index in [2.05, 4.69) is 9.46 Å². The summed E-state index contributed by atoms with van der Waals surface area (Å²) in [6, 6.07) is -0.435. The Bertz CT molecular complexity index is 619. The van der Waals surface area contributed by atoms with E-state index in [0.29, 0.717) is 0 Å². The molecule has 0 amide bonds. The minimum Gasteiger partial charge on any atom is -0.465 e. The molecule has 0 spiro atoms. The molecule has 0 aliphatic rings. The van der Waals surface area contributed by atoms with Crippen molar-refractivity contribution in [3.63, 3.8) is 0 Å². The smallest absolute Gasteiger partial charge is 0.342 e. The van der Waals surface area contributed by atoms with Gasteiger partial charge in [-0.15, -0.1) is 0 Å². The summed E-state index contributed by atoms with van der Waals surface area (Å²) in [6.07, 6.45) is 0. The topological polar surface area (TPSA) is 112 Å². The zero-order chi connectivity index (χ0) is 16.4. The molecule has 7 nitrogen and oxygen atoms in total. The van der Waals surface area contributed by atoms with Crippen molar-refractivity contribution in [3.8, 4) is 0 Å². The van der Waals surface area contributed by atoms with Gasteiger partial charge >= 0.3 is 5.97 Å². The van der Waals surface area contributed by atoms with Crippen molar-refractivity contribution in [3.05, 3.63) is 17.1 Å². The molecule has 0 saturated carbocycles. The summed E-state index contributed by atoms with van der Waals surface area (Å²) in [5.41, 5.74) is 5.50. The Labute approximate surface area is 124 Å². The maximum atomic E-state index is 12.5. The third kappa shape index (κ3) is 3.63. The van der Waals surface area contributed by atoms with E-state index in [1.54, 1.807) is 0 Å². The number of methoxy groups -OCH3 is 1. The molecule has 1 aromatic heterocycles. The lowest BCUT2D eigenvalue weighted by Gasteiger charge is -2.20.